The molecule has 0 aromatic rings. The standard InChI is InChI=1S/C18H31O2/c1-2-3-4-5-6-7-8-9-10-11-12-13-14-15-16-17-18(19)20/h6-7,9-10H,2-5,8,11-17H2,1H3/b7-6-,10-9-. The van der Waals surface area contributed by atoms with Gasteiger partial charge in [-0.25, -0.2) is 9.90 Å². The van der Waals surface area contributed by atoms with Crippen molar-refractivity contribution in [3.05, 3.63) is 24.3 Å². The van der Waals surface area contributed by atoms with Gasteiger partial charge in [-0.3, -0.25) is 0 Å². The van der Waals surface area contributed by atoms with Crippen LogP contribution in [0.15, 0.2) is 24.3 Å². The molecule has 0 rings (SSSR count). The van der Waals surface area contributed by atoms with Crippen LogP contribution < -0.4 is 0 Å². The van der Waals surface area contributed by atoms with E-state index in [0.717, 1.165) is 32.1 Å². The van der Waals surface area contributed by atoms with Gasteiger partial charge in [0.15, 0.2) is 0 Å². The van der Waals surface area contributed by atoms with E-state index in [2.05, 4.69) is 31.2 Å². The molecule has 0 heterocycles. The molecule has 2 nitrogen and oxygen atoms in total. The molecule has 0 fully saturated rings. The maximum Gasteiger partial charge on any atom is 0.355 e. The molecule has 0 atom stereocenters. The first-order valence-electron chi connectivity index (χ1n) is 8.27. The Hall–Kier alpha value is -1.05. The summed E-state index contributed by atoms with van der Waals surface area (Å²) in [7, 11) is 0. The van der Waals surface area contributed by atoms with E-state index in [1.54, 1.807) is 0 Å². The zero-order valence-electron chi connectivity index (χ0n) is 13.1. The van der Waals surface area contributed by atoms with E-state index in [4.69, 9.17) is 0 Å². The summed E-state index contributed by atoms with van der Waals surface area (Å²) in [5.41, 5.74) is 0. The van der Waals surface area contributed by atoms with Crippen LogP contribution in [0.25, 0.3) is 0 Å². The van der Waals surface area contributed by atoms with E-state index in [9.17, 15) is 9.90 Å². The average Bonchev–Trinajstić information content (AvgIpc) is 2.43. The molecule has 0 unspecified atom stereocenters. The molecular formula is C18H31O2. The van der Waals surface area contributed by atoms with Crippen LogP contribution in [-0.2, 0) is 9.90 Å². The first-order chi connectivity index (χ1) is 9.77. The molecule has 0 N–H and O–H groups in total. The van der Waals surface area contributed by atoms with Gasteiger partial charge in [-0.15, -0.1) is 0 Å². The Bertz CT molecular complexity index is 267. The van der Waals surface area contributed by atoms with Gasteiger partial charge in [0.1, 0.15) is 0 Å². The fourth-order valence-electron chi connectivity index (χ4n) is 2.08. The molecule has 0 aliphatic heterocycles. The summed E-state index contributed by atoms with van der Waals surface area (Å²) in [6.45, 7) is 2.23. The van der Waals surface area contributed by atoms with E-state index in [1.165, 1.54) is 38.5 Å². The second kappa shape index (κ2) is 16.0. The van der Waals surface area contributed by atoms with Crippen molar-refractivity contribution in [1.29, 1.82) is 0 Å². The van der Waals surface area contributed by atoms with Gasteiger partial charge >= 0.3 is 5.97 Å². The van der Waals surface area contributed by atoms with Gasteiger partial charge in [0.2, 0.25) is 0 Å². The highest BCUT2D eigenvalue weighted by molar-refractivity contribution is 5.66. The normalized spacial score (nSPS) is 11.7. The zero-order chi connectivity index (χ0) is 14.9. The lowest BCUT2D eigenvalue weighted by atomic mass is 10.1. The second-order valence-electron chi connectivity index (χ2n) is 5.35. The van der Waals surface area contributed by atoms with E-state index in [0.29, 0.717) is 0 Å². The van der Waals surface area contributed by atoms with Gasteiger partial charge in [-0.05, 0) is 38.5 Å². The predicted octanol–water partition coefficient (Wildman–Crippen LogP) is 5.76. The molecule has 0 amide bonds. The molecule has 2 heteroatoms. The number of allylic oxidation sites excluding steroid dienone is 4. The van der Waals surface area contributed by atoms with Crippen molar-refractivity contribution >= 4 is 5.97 Å². The van der Waals surface area contributed by atoms with Crippen molar-refractivity contribution in [2.24, 2.45) is 0 Å². The fourth-order valence-corrected chi connectivity index (χ4v) is 2.08. The van der Waals surface area contributed by atoms with Crippen LogP contribution in [0, 0.1) is 0 Å². The lowest BCUT2D eigenvalue weighted by Gasteiger charge is -1.97. The van der Waals surface area contributed by atoms with Crippen LogP contribution in [0.4, 0.5) is 0 Å². The summed E-state index contributed by atoms with van der Waals surface area (Å²) < 4.78 is 0. The lowest BCUT2D eigenvalue weighted by Crippen LogP contribution is -1.91. The van der Waals surface area contributed by atoms with Gasteiger partial charge in [0, 0.05) is 0 Å². The highest BCUT2D eigenvalue weighted by Gasteiger charge is 1.97. The van der Waals surface area contributed by atoms with Gasteiger partial charge in [0.25, 0.3) is 0 Å². The van der Waals surface area contributed by atoms with Crippen molar-refractivity contribution in [2.75, 3.05) is 0 Å². The molecule has 0 bridgehead atoms. The minimum atomic E-state index is -0.921. The Morgan fingerprint density at radius 1 is 0.750 bits per heavy atom. The SMILES string of the molecule is CCCCC/C=C\C/C=C\CCCCCCCC([O])=O. The van der Waals surface area contributed by atoms with Crippen LogP contribution in [0.2, 0.25) is 0 Å². The van der Waals surface area contributed by atoms with Crippen molar-refractivity contribution in [3.8, 4) is 0 Å². The summed E-state index contributed by atoms with van der Waals surface area (Å²) >= 11 is 0. The minimum absolute atomic E-state index is 0.213. The summed E-state index contributed by atoms with van der Waals surface area (Å²) in [6.07, 6.45) is 21.9. The third-order valence-corrected chi connectivity index (χ3v) is 3.33. The predicted molar refractivity (Wildman–Crippen MR) is 85.1 cm³/mol. The maximum atomic E-state index is 10.2. The summed E-state index contributed by atoms with van der Waals surface area (Å²) in [5, 5.41) is 10.2. The molecule has 0 saturated heterocycles. The highest BCUT2D eigenvalue weighted by atomic mass is 16.4. The van der Waals surface area contributed by atoms with E-state index in [1.807, 2.05) is 0 Å². The molecule has 115 valence electrons. The molecule has 20 heavy (non-hydrogen) atoms. The number of unbranched alkanes of at least 4 members (excludes halogenated alkanes) is 8. The number of hydrogen-bond donors (Lipinski definition) is 0. The largest absolute Gasteiger partial charge is 0.355 e. The number of carbonyl (C=O) groups excluding carboxylic acids is 1. The first-order valence-corrected chi connectivity index (χ1v) is 8.27. The third kappa shape index (κ3) is 16.9. The Balaban J connectivity index is 3.17. The summed E-state index contributed by atoms with van der Waals surface area (Å²) in [6, 6.07) is 0. The molecule has 0 aliphatic rings. The van der Waals surface area contributed by atoms with Gasteiger partial charge in [-0.2, -0.15) is 0 Å². The Labute approximate surface area is 125 Å². The van der Waals surface area contributed by atoms with Gasteiger partial charge in [0.05, 0.1) is 6.42 Å². The molecule has 0 saturated carbocycles. The fraction of sp³-hybridized carbons (Fsp3) is 0.722. The average molecular weight is 279 g/mol. The van der Waals surface area contributed by atoms with Crippen LogP contribution in [0.1, 0.15) is 84.0 Å². The number of hydrogen-bond acceptors (Lipinski definition) is 1. The topological polar surface area (TPSA) is 37.0 Å². The first kappa shape index (κ1) is 18.9. The van der Waals surface area contributed by atoms with E-state index in [-0.39, 0.29) is 6.42 Å². The number of carbonyl (C=O) groups is 1. The molecule has 0 aliphatic carbocycles. The Morgan fingerprint density at radius 3 is 1.90 bits per heavy atom. The van der Waals surface area contributed by atoms with Crippen molar-refractivity contribution < 1.29 is 9.90 Å². The van der Waals surface area contributed by atoms with Gasteiger partial charge in [-0.1, -0.05) is 63.3 Å². The molecule has 0 aromatic carbocycles. The van der Waals surface area contributed by atoms with Crippen molar-refractivity contribution in [2.45, 2.75) is 84.0 Å². The van der Waals surface area contributed by atoms with Crippen molar-refractivity contribution in [3.63, 3.8) is 0 Å². The van der Waals surface area contributed by atoms with Crippen LogP contribution in [0.5, 0.6) is 0 Å². The molecule has 0 aromatic heterocycles. The van der Waals surface area contributed by atoms with Crippen LogP contribution in [0.3, 0.4) is 0 Å². The van der Waals surface area contributed by atoms with E-state index >= 15 is 0 Å². The monoisotopic (exact) mass is 279 g/mol. The van der Waals surface area contributed by atoms with Crippen LogP contribution >= 0.6 is 0 Å². The second-order valence-corrected chi connectivity index (χ2v) is 5.35. The van der Waals surface area contributed by atoms with Gasteiger partial charge < -0.3 is 0 Å². The Kier molecular flexibility index (Phi) is 15.2. The molecule has 0 spiro atoms. The molecule has 1 radical (unpaired) electrons. The minimum Gasteiger partial charge on any atom is -0.247 e. The maximum absolute atomic E-state index is 10.2. The summed E-state index contributed by atoms with van der Waals surface area (Å²) in [4.78, 5) is 10.2. The molecular weight excluding hydrogens is 248 g/mol. The van der Waals surface area contributed by atoms with Crippen LogP contribution in [-0.4, -0.2) is 5.97 Å². The lowest BCUT2D eigenvalue weighted by molar-refractivity contribution is -0.143. The third-order valence-electron chi connectivity index (χ3n) is 3.33. The highest BCUT2D eigenvalue weighted by Crippen LogP contribution is 2.08. The smallest absolute Gasteiger partial charge is 0.247 e. The quantitative estimate of drug-likeness (QED) is 0.294. The number of rotatable bonds is 14. The Morgan fingerprint density at radius 2 is 1.30 bits per heavy atom. The van der Waals surface area contributed by atoms with E-state index < -0.39 is 5.97 Å². The zero-order valence-corrected chi connectivity index (χ0v) is 13.1. The van der Waals surface area contributed by atoms with Crippen molar-refractivity contribution in [1.82, 2.24) is 0 Å². The summed E-state index contributed by atoms with van der Waals surface area (Å²) in [5.74, 6) is -0.921.